The van der Waals surface area contributed by atoms with Crippen molar-refractivity contribution in [2.45, 2.75) is 65.4 Å². The number of carbonyl (C=O) groups excluding carboxylic acids is 1. The topological polar surface area (TPSA) is 49.4 Å². The Labute approximate surface area is 201 Å². The van der Waals surface area contributed by atoms with E-state index in [-0.39, 0.29) is 0 Å². The summed E-state index contributed by atoms with van der Waals surface area (Å²) in [4.78, 5) is 9.88. The number of rotatable bonds is 13. The van der Waals surface area contributed by atoms with Gasteiger partial charge in [-0.25, -0.2) is 0 Å². The Kier molecular flexibility index (Phi) is 9.16. The van der Waals surface area contributed by atoms with Crippen LogP contribution in [0.2, 0.25) is 0 Å². The number of hydrogen-bond donors (Lipinski definition) is 0. The summed E-state index contributed by atoms with van der Waals surface area (Å²) in [6.07, 6.45) is -8.13. The molecule has 0 aromatic carbocycles. The summed E-state index contributed by atoms with van der Waals surface area (Å²) in [7, 11) is 0. The smallest absolute Gasteiger partial charge is 0.460 e. The van der Waals surface area contributed by atoms with E-state index in [0.717, 1.165) is 0 Å². The first kappa shape index (κ1) is 37.8. The van der Waals surface area contributed by atoms with E-state index in [1.54, 1.807) is 0 Å². The van der Waals surface area contributed by atoms with E-state index in [0.29, 0.717) is 0 Å². The number of hydrogen-bond acceptors (Lipinski definition) is 3. The first-order valence-electron chi connectivity index (χ1n) is 8.54. The Morgan fingerprint density at radius 3 is 0.875 bits per heavy atom. The predicted octanol–water partition coefficient (Wildman–Crippen LogP) is 5.67. The molecule has 0 aliphatic carbocycles. The summed E-state index contributed by atoms with van der Waals surface area (Å²) in [5.41, 5.74) is 0. The molecule has 0 atom stereocenters. The van der Waals surface area contributed by atoms with Gasteiger partial charge in [-0.15, -0.1) is 0 Å². The summed E-state index contributed by atoms with van der Waals surface area (Å²) >= 11 is 0. The van der Waals surface area contributed by atoms with Crippen LogP contribution >= 0.6 is 0 Å². The molecule has 0 fully saturated rings. The van der Waals surface area contributed by atoms with Gasteiger partial charge in [0.1, 0.15) is 6.61 Å². The molecule has 3 nitrogen and oxygen atoms in total. The molecule has 0 aromatic rings. The highest BCUT2D eigenvalue weighted by Gasteiger charge is 2.98. The third-order valence-corrected chi connectivity index (χ3v) is 4.47. The average Bonchev–Trinajstić information content (AvgIpc) is 2.71. The molecule has 0 heterocycles. The van der Waals surface area contributed by atoms with Gasteiger partial charge in [-0.2, -0.15) is 101 Å². The zero-order valence-corrected chi connectivity index (χ0v) is 17.3. The highest BCUT2D eigenvalue weighted by atomic mass is 19.4. The van der Waals surface area contributed by atoms with Crippen LogP contribution < -0.4 is 5.11 Å². The summed E-state index contributed by atoms with van der Waals surface area (Å²) in [5.74, 6) is -91.3. The number of carboxylic acids is 1. The quantitative estimate of drug-likeness (QED) is 0.240. The van der Waals surface area contributed by atoms with Crippen molar-refractivity contribution in [1.29, 1.82) is 0 Å². The van der Waals surface area contributed by atoms with Crippen molar-refractivity contribution in [2.75, 3.05) is 13.2 Å². The lowest BCUT2D eigenvalue weighted by Gasteiger charge is -2.45. The third kappa shape index (κ3) is 4.83. The molecule has 0 saturated heterocycles. The Morgan fingerprint density at radius 2 is 0.650 bits per heavy atom. The maximum atomic E-state index is 13.6. The molecule has 0 N–H and O–H groups in total. The normalized spacial score (nSPS) is 16.4. The van der Waals surface area contributed by atoms with Crippen molar-refractivity contribution in [3.8, 4) is 0 Å². The number of carboxylic acid groups (broad SMARTS) is 1. The average molecular weight is 657 g/mol. The summed E-state index contributed by atoms with van der Waals surface area (Å²) in [5, 5.41) is 9.88. The van der Waals surface area contributed by atoms with Gasteiger partial charge in [0.05, 0.1) is 12.6 Å². The van der Waals surface area contributed by atoms with Gasteiger partial charge in [0.2, 0.25) is 0 Å². The van der Waals surface area contributed by atoms with Gasteiger partial charge in [0.15, 0.2) is 0 Å². The van der Waals surface area contributed by atoms with Crippen LogP contribution in [0.1, 0.15) is 0 Å². The van der Waals surface area contributed by atoms with Crippen LogP contribution in [-0.2, 0) is 9.53 Å². The van der Waals surface area contributed by atoms with E-state index in [2.05, 4.69) is 4.74 Å². The van der Waals surface area contributed by atoms with Gasteiger partial charge in [0.25, 0.3) is 0 Å². The number of halogens is 23. The number of aliphatic carboxylic acids is 1. The highest BCUT2D eigenvalue weighted by Crippen LogP contribution is 2.67. The molecular formula is C14H4F23O3-. The Bertz CT molecular complexity index is 932. The van der Waals surface area contributed by atoms with Gasteiger partial charge in [-0.1, -0.05) is 0 Å². The number of carbonyl (C=O) groups is 1. The Hall–Kier alpha value is -2.18. The van der Waals surface area contributed by atoms with Gasteiger partial charge in [-0.3, -0.25) is 0 Å². The molecule has 0 spiro atoms. The zero-order valence-electron chi connectivity index (χ0n) is 17.3. The van der Waals surface area contributed by atoms with Crippen molar-refractivity contribution < 1.29 is 116 Å². The third-order valence-electron chi connectivity index (χ3n) is 4.47. The van der Waals surface area contributed by atoms with Crippen LogP contribution in [0.3, 0.4) is 0 Å². The number of alkyl halides is 23. The second kappa shape index (κ2) is 9.69. The number of ether oxygens (including phenoxy) is 1. The monoisotopic (exact) mass is 657 g/mol. The molecule has 0 aliphatic rings. The molecule has 40 heavy (non-hydrogen) atoms. The van der Waals surface area contributed by atoms with Crippen LogP contribution in [-0.4, -0.2) is 84.6 Å². The lowest BCUT2D eigenvalue weighted by molar-refractivity contribution is -0.478. The fourth-order valence-corrected chi connectivity index (χ4v) is 2.14. The second-order valence-corrected chi connectivity index (χ2v) is 7.24. The molecule has 240 valence electrons. The summed E-state index contributed by atoms with van der Waals surface area (Å²) < 4.78 is 305. The van der Waals surface area contributed by atoms with Crippen LogP contribution in [0.15, 0.2) is 0 Å². The van der Waals surface area contributed by atoms with E-state index in [1.807, 2.05) is 0 Å². The van der Waals surface area contributed by atoms with E-state index >= 15 is 0 Å². The molecule has 0 aliphatic heterocycles. The molecule has 0 amide bonds. The van der Waals surface area contributed by atoms with Gasteiger partial charge >= 0.3 is 65.4 Å². The SMILES string of the molecule is O=C([O-])COCC(F)(F)C(F)(F)C(F)(F)C(F)(F)C(F)(F)C(F)(F)C(F)(F)C(F)(F)C(F)(F)C(F)(F)C(F)(F)F. The van der Waals surface area contributed by atoms with E-state index in [9.17, 15) is 111 Å². The van der Waals surface area contributed by atoms with Crippen LogP contribution in [0, 0.1) is 0 Å². The summed E-state index contributed by atoms with van der Waals surface area (Å²) in [6, 6.07) is 0. The molecule has 0 rings (SSSR count). The van der Waals surface area contributed by atoms with Crippen LogP contribution in [0.4, 0.5) is 101 Å². The Balaban J connectivity index is 7.04. The standard InChI is InChI=1S/C14H5F23O3/c15-4(16,2-40-1-3(38)39)5(17,18)6(19,20)7(21,22)8(23,24)9(25,26)10(27,28)11(29,30)12(31,32)13(33,34)14(35,36)37/h1-2H2,(H,38,39)/p-1. The second-order valence-electron chi connectivity index (χ2n) is 7.24. The molecule has 0 radical (unpaired) electrons. The van der Waals surface area contributed by atoms with Gasteiger partial charge < -0.3 is 14.6 Å². The fraction of sp³-hybridized carbons (Fsp3) is 0.929. The maximum absolute atomic E-state index is 13.6. The molecule has 0 aromatic heterocycles. The minimum absolute atomic E-state index is 2.28. The molecule has 26 heteroatoms. The predicted molar refractivity (Wildman–Crippen MR) is 71.4 cm³/mol. The lowest BCUT2D eigenvalue weighted by atomic mass is 9.85. The van der Waals surface area contributed by atoms with Crippen molar-refractivity contribution in [3.05, 3.63) is 0 Å². The maximum Gasteiger partial charge on any atom is 0.460 e. The molecular weight excluding hydrogens is 653 g/mol. The van der Waals surface area contributed by atoms with Gasteiger partial charge in [0, 0.05) is 0 Å². The largest absolute Gasteiger partial charge is 0.548 e. The first-order chi connectivity index (χ1) is 16.9. The van der Waals surface area contributed by atoms with Crippen LogP contribution in [0.25, 0.3) is 0 Å². The van der Waals surface area contributed by atoms with E-state index in [1.165, 1.54) is 0 Å². The minimum Gasteiger partial charge on any atom is -0.548 e. The summed E-state index contributed by atoms with van der Waals surface area (Å²) in [6.45, 7) is -5.80. The van der Waals surface area contributed by atoms with Crippen LogP contribution in [0.5, 0.6) is 0 Å². The van der Waals surface area contributed by atoms with Gasteiger partial charge in [-0.05, 0) is 0 Å². The van der Waals surface area contributed by atoms with Crippen molar-refractivity contribution >= 4 is 5.97 Å². The minimum atomic E-state index is -9.47. The zero-order chi connectivity index (χ0) is 33.2. The lowest BCUT2D eigenvalue weighted by Crippen LogP contribution is -2.77. The molecule has 0 unspecified atom stereocenters. The van der Waals surface area contributed by atoms with Crippen molar-refractivity contribution in [2.24, 2.45) is 0 Å². The van der Waals surface area contributed by atoms with Crippen molar-refractivity contribution in [1.82, 2.24) is 0 Å². The first-order valence-corrected chi connectivity index (χ1v) is 8.54. The molecule has 0 saturated carbocycles. The Morgan fingerprint density at radius 1 is 0.425 bits per heavy atom. The highest BCUT2D eigenvalue weighted by molar-refractivity contribution is 5.65. The molecule has 0 bridgehead atoms. The van der Waals surface area contributed by atoms with E-state index < -0.39 is 84.6 Å². The van der Waals surface area contributed by atoms with E-state index in [4.69, 9.17) is 0 Å². The fourth-order valence-electron chi connectivity index (χ4n) is 2.14. The van der Waals surface area contributed by atoms with Crippen molar-refractivity contribution in [3.63, 3.8) is 0 Å².